The molecule has 0 aliphatic heterocycles. The Labute approximate surface area is 128 Å². The van der Waals surface area contributed by atoms with Crippen molar-refractivity contribution in [1.82, 2.24) is 0 Å². The molecule has 0 N–H and O–H groups in total. The van der Waals surface area contributed by atoms with E-state index >= 15 is 0 Å². The number of ketones is 1. The third-order valence-corrected chi connectivity index (χ3v) is 4.44. The van der Waals surface area contributed by atoms with Gasteiger partial charge in [0.1, 0.15) is 11.7 Å². The first kappa shape index (κ1) is 16.1. The van der Waals surface area contributed by atoms with Gasteiger partial charge in [0.2, 0.25) is 5.54 Å². The summed E-state index contributed by atoms with van der Waals surface area (Å²) in [6.07, 6.45) is -0.0724. The van der Waals surface area contributed by atoms with Gasteiger partial charge in [-0.25, -0.2) is 0 Å². The van der Waals surface area contributed by atoms with Crippen LogP contribution in [0.5, 0.6) is 0 Å². The Morgan fingerprint density at radius 3 is 2.55 bits per heavy atom. The lowest BCUT2D eigenvalue weighted by atomic mass is 9.64. The number of nitrogens with zero attached hydrogens (tertiary/aromatic N) is 1. The highest BCUT2D eigenvalue weighted by molar-refractivity contribution is 5.88. The van der Waals surface area contributed by atoms with Gasteiger partial charge >= 0.3 is 5.97 Å². The molecule has 0 aromatic heterocycles. The molecule has 0 saturated heterocycles. The first-order valence-electron chi connectivity index (χ1n) is 7.29. The summed E-state index contributed by atoms with van der Waals surface area (Å²) >= 11 is 0. The standard InChI is InChI=1S/C16H19NO5/c1-3-22-15(19)14-10-12(18)9-13(16(14,2)17(20)21)11-7-5-4-6-8-11/h4-8,13-14H,3,9-10H2,1-2H3/t13-,14-,16+/m0/s1. The van der Waals surface area contributed by atoms with E-state index in [-0.39, 0.29) is 25.2 Å². The lowest BCUT2D eigenvalue weighted by molar-refractivity contribution is -0.579. The molecule has 1 saturated carbocycles. The Bertz CT molecular complexity index is 585. The van der Waals surface area contributed by atoms with Crippen molar-refractivity contribution in [3.8, 4) is 0 Å². The maximum atomic E-state index is 12.2. The van der Waals surface area contributed by atoms with Gasteiger partial charge in [-0.3, -0.25) is 19.7 Å². The molecule has 1 aliphatic rings. The van der Waals surface area contributed by atoms with Crippen LogP contribution in [0.2, 0.25) is 0 Å². The number of Topliss-reactive ketones (excluding diaryl/α,β-unsaturated/α-hetero) is 1. The van der Waals surface area contributed by atoms with Gasteiger partial charge in [-0.05, 0) is 12.5 Å². The van der Waals surface area contributed by atoms with Gasteiger partial charge in [-0.2, -0.15) is 0 Å². The molecular formula is C16H19NO5. The molecular weight excluding hydrogens is 286 g/mol. The summed E-state index contributed by atoms with van der Waals surface area (Å²) in [7, 11) is 0. The van der Waals surface area contributed by atoms with E-state index in [1.165, 1.54) is 6.92 Å². The molecule has 118 valence electrons. The minimum absolute atomic E-state index is 0.0669. The highest BCUT2D eigenvalue weighted by Crippen LogP contribution is 2.45. The summed E-state index contributed by atoms with van der Waals surface area (Å²) in [5, 5.41) is 11.8. The Kier molecular flexibility index (Phi) is 4.59. The van der Waals surface area contributed by atoms with Gasteiger partial charge < -0.3 is 4.74 Å². The molecule has 0 amide bonds. The second-order valence-electron chi connectivity index (χ2n) is 5.70. The van der Waals surface area contributed by atoms with Crippen LogP contribution < -0.4 is 0 Å². The van der Waals surface area contributed by atoms with Crippen LogP contribution in [-0.4, -0.2) is 28.8 Å². The number of nitro groups is 1. The summed E-state index contributed by atoms with van der Waals surface area (Å²) in [6, 6.07) is 8.86. The number of carbonyl (C=O) groups excluding carboxylic acids is 2. The van der Waals surface area contributed by atoms with E-state index < -0.39 is 28.3 Å². The Morgan fingerprint density at radius 2 is 2.00 bits per heavy atom. The van der Waals surface area contributed by atoms with Crippen molar-refractivity contribution in [2.24, 2.45) is 5.92 Å². The fraction of sp³-hybridized carbons (Fsp3) is 0.500. The number of esters is 1. The Balaban J connectivity index is 2.49. The normalized spacial score (nSPS) is 28.2. The third kappa shape index (κ3) is 2.73. The molecule has 1 fully saturated rings. The topological polar surface area (TPSA) is 86.5 Å². The fourth-order valence-corrected chi connectivity index (χ4v) is 3.15. The zero-order valence-corrected chi connectivity index (χ0v) is 12.7. The van der Waals surface area contributed by atoms with Gasteiger partial charge in [-0.15, -0.1) is 0 Å². The maximum absolute atomic E-state index is 12.2. The third-order valence-electron chi connectivity index (χ3n) is 4.44. The summed E-state index contributed by atoms with van der Waals surface area (Å²) in [5.74, 6) is -2.52. The van der Waals surface area contributed by atoms with Crippen LogP contribution in [0.25, 0.3) is 0 Å². The van der Waals surface area contributed by atoms with Gasteiger partial charge in [-0.1, -0.05) is 30.3 Å². The molecule has 1 aromatic rings. The van der Waals surface area contributed by atoms with E-state index in [1.807, 2.05) is 0 Å². The van der Waals surface area contributed by atoms with E-state index in [0.29, 0.717) is 5.56 Å². The van der Waals surface area contributed by atoms with Gasteiger partial charge in [0.15, 0.2) is 0 Å². The van der Waals surface area contributed by atoms with E-state index in [4.69, 9.17) is 4.74 Å². The van der Waals surface area contributed by atoms with Gasteiger partial charge in [0.25, 0.3) is 0 Å². The van der Waals surface area contributed by atoms with E-state index in [1.54, 1.807) is 37.3 Å². The van der Waals surface area contributed by atoms with Gasteiger partial charge in [0.05, 0.1) is 12.5 Å². The van der Waals surface area contributed by atoms with Crippen LogP contribution in [0.1, 0.15) is 38.2 Å². The minimum atomic E-state index is -1.55. The van der Waals surface area contributed by atoms with Crippen molar-refractivity contribution < 1.29 is 19.2 Å². The van der Waals surface area contributed by atoms with Crippen molar-refractivity contribution in [2.45, 2.75) is 38.1 Å². The molecule has 1 aromatic carbocycles. The smallest absolute Gasteiger partial charge is 0.316 e. The van der Waals surface area contributed by atoms with Crippen molar-refractivity contribution in [2.75, 3.05) is 6.61 Å². The fourth-order valence-electron chi connectivity index (χ4n) is 3.15. The Morgan fingerprint density at radius 1 is 1.36 bits per heavy atom. The molecule has 0 radical (unpaired) electrons. The molecule has 22 heavy (non-hydrogen) atoms. The van der Waals surface area contributed by atoms with E-state index in [0.717, 1.165) is 0 Å². The highest BCUT2D eigenvalue weighted by Gasteiger charge is 2.60. The van der Waals surface area contributed by atoms with Gasteiger partial charge in [0, 0.05) is 24.7 Å². The first-order chi connectivity index (χ1) is 10.4. The average Bonchev–Trinajstić information content (AvgIpc) is 2.50. The SMILES string of the molecule is CCOC(=O)[C@@H]1CC(=O)C[C@@H](c2ccccc2)[C@@]1(C)[N+](=O)[O-]. The summed E-state index contributed by atoms with van der Waals surface area (Å²) < 4.78 is 4.96. The van der Waals surface area contributed by atoms with Crippen molar-refractivity contribution in [1.29, 1.82) is 0 Å². The molecule has 1 aliphatic carbocycles. The number of carbonyl (C=O) groups is 2. The van der Waals surface area contributed by atoms with Crippen LogP contribution in [-0.2, 0) is 14.3 Å². The zero-order valence-electron chi connectivity index (χ0n) is 12.7. The Hall–Kier alpha value is -2.24. The number of benzene rings is 1. The summed E-state index contributed by atoms with van der Waals surface area (Å²) in [6.45, 7) is 3.22. The summed E-state index contributed by atoms with van der Waals surface area (Å²) in [4.78, 5) is 35.5. The average molecular weight is 305 g/mol. The van der Waals surface area contributed by atoms with Crippen LogP contribution in [0, 0.1) is 16.0 Å². The number of hydrogen-bond acceptors (Lipinski definition) is 5. The molecule has 0 bridgehead atoms. The monoisotopic (exact) mass is 305 g/mol. The second-order valence-corrected chi connectivity index (χ2v) is 5.70. The molecule has 6 nitrogen and oxygen atoms in total. The van der Waals surface area contributed by atoms with Crippen LogP contribution in [0.3, 0.4) is 0 Å². The van der Waals surface area contributed by atoms with Crippen LogP contribution in [0.15, 0.2) is 30.3 Å². The number of ether oxygens (including phenoxy) is 1. The maximum Gasteiger partial charge on any atom is 0.316 e. The molecule has 6 heteroatoms. The van der Waals surface area contributed by atoms with Crippen molar-refractivity contribution in [3.63, 3.8) is 0 Å². The van der Waals surface area contributed by atoms with E-state index in [2.05, 4.69) is 0 Å². The summed E-state index contributed by atoms with van der Waals surface area (Å²) in [5.41, 5.74) is -0.856. The van der Waals surface area contributed by atoms with E-state index in [9.17, 15) is 19.7 Å². The highest BCUT2D eigenvalue weighted by atomic mass is 16.6. The van der Waals surface area contributed by atoms with Crippen molar-refractivity contribution in [3.05, 3.63) is 46.0 Å². The molecule has 0 spiro atoms. The molecule has 3 atom stereocenters. The lowest BCUT2D eigenvalue weighted by Gasteiger charge is -2.38. The quantitative estimate of drug-likeness (QED) is 0.484. The predicted octanol–water partition coefficient (Wildman–Crippen LogP) is 2.35. The lowest BCUT2D eigenvalue weighted by Crippen LogP contribution is -2.55. The minimum Gasteiger partial charge on any atom is -0.466 e. The molecule has 0 unspecified atom stereocenters. The first-order valence-corrected chi connectivity index (χ1v) is 7.29. The molecule has 2 rings (SSSR count). The van der Waals surface area contributed by atoms with Crippen LogP contribution >= 0.6 is 0 Å². The number of rotatable bonds is 4. The largest absolute Gasteiger partial charge is 0.466 e. The second kappa shape index (κ2) is 6.25. The predicted molar refractivity (Wildman–Crippen MR) is 78.9 cm³/mol. The van der Waals surface area contributed by atoms with Crippen LogP contribution in [0.4, 0.5) is 0 Å². The van der Waals surface area contributed by atoms with Crippen molar-refractivity contribution >= 4 is 11.8 Å². The number of hydrogen-bond donors (Lipinski definition) is 0. The zero-order chi connectivity index (χ0) is 16.3. The molecule has 0 heterocycles.